The molecule has 0 saturated heterocycles. The first-order valence-corrected chi connectivity index (χ1v) is 7.24. The molecule has 0 radical (unpaired) electrons. The number of hydrogen-bond donors (Lipinski definition) is 1. The number of rotatable bonds is 8. The maximum absolute atomic E-state index is 5.53. The van der Waals surface area contributed by atoms with Crippen molar-refractivity contribution in [2.75, 3.05) is 20.8 Å². The largest absolute Gasteiger partial charge is 0.496 e. The molecule has 0 aliphatic heterocycles. The summed E-state index contributed by atoms with van der Waals surface area (Å²) >= 11 is 0. The molecule has 2 rings (SSSR count). The molecule has 0 spiro atoms. The fourth-order valence-electron chi connectivity index (χ4n) is 2.53. The average Bonchev–Trinajstić information content (AvgIpc) is 3.26. The Kier molecular flexibility index (Phi) is 5.08. The zero-order valence-corrected chi connectivity index (χ0v) is 12.2. The monoisotopic (exact) mass is 263 g/mol. The first-order valence-electron chi connectivity index (χ1n) is 7.24. The highest BCUT2D eigenvalue weighted by Crippen LogP contribution is 2.42. The van der Waals surface area contributed by atoms with Crippen LogP contribution >= 0.6 is 0 Å². The maximum atomic E-state index is 5.53. The molecule has 0 aromatic heterocycles. The summed E-state index contributed by atoms with van der Waals surface area (Å²) in [5.74, 6) is 2.71. The van der Waals surface area contributed by atoms with Gasteiger partial charge >= 0.3 is 0 Å². The summed E-state index contributed by atoms with van der Waals surface area (Å²) in [7, 11) is 3.46. The van der Waals surface area contributed by atoms with Crippen molar-refractivity contribution in [1.29, 1.82) is 0 Å². The molecule has 19 heavy (non-hydrogen) atoms. The van der Waals surface area contributed by atoms with Crippen LogP contribution in [-0.2, 0) is 0 Å². The van der Waals surface area contributed by atoms with Crippen LogP contribution in [0.15, 0.2) is 18.2 Å². The minimum absolute atomic E-state index is 0.332. The number of methoxy groups -OCH3 is 2. The molecule has 1 saturated carbocycles. The van der Waals surface area contributed by atoms with Crippen molar-refractivity contribution in [3.63, 3.8) is 0 Å². The summed E-state index contributed by atoms with van der Waals surface area (Å²) in [4.78, 5) is 0. The minimum atomic E-state index is 0.332. The topological polar surface area (TPSA) is 30.5 Å². The Bertz CT molecular complexity index is 379. The van der Waals surface area contributed by atoms with Crippen molar-refractivity contribution >= 4 is 0 Å². The van der Waals surface area contributed by atoms with Crippen LogP contribution < -0.4 is 14.8 Å². The van der Waals surface area contributed by atoms with E-state index >= 15 is 0 Å². The lowest BCUT2D eigenvalue weighted by atomic mass is 9.98. The Labute approximate surface area is 116 Å². The summed E-state index contributed by atoms with van der Waals surface area (Å²) in [6, 6.07) is 6.35. The molecule has 1 aliphatic carbocycles. The summed E-state index contributed by atoms with van der Waals surface area (Å²) in [5, 5.41) is 3.65. The second-order valence-corrected chi connectivity index (χ2v) is 5.26. The van der Waals surface area contributed by atoms with Crippen molar-refractivity contribution in [2.45, 2.75) is 38.6 Å². The molecule has 1 aromatic rings. The number of hydrogen-bond acceptors (Lipinski definition) is 3. The highest BCUT2D eigenvalue weighted by molar-refractivity contribution is 5.47. The van der Waals surface area contributed by atoms with Crippen molar-refractivity contribution in [1.82, 2.24) is 5.32 Å². The highest BCUT2D eigenvalue weighted by Gasteiger charge is 2.29. The Balaban J connectivity index is 2.26. The molecular weight excluding hydrogens is 238 g/mol. The van der Waals surface area contributed by atoms with E-state index in [1.165, 1.54) is 24.8 Å². The smallest absolute Gasteiger partial charge is 0.127 e. The van der Waals surface area contributed by atoms with Gasteiger partial charge in [-0.15, -0.1) is 0 Å². The Hall–Kier alpha value is -1.22. The standard InChI is InChI=1S/C16H25NO2/c1-4-10-17-13(11-12-8-9-12)16-14(18-2)6-5-7-15(16)19-3/h5-7,12-13,17H,4,8-11H2,1-3H3. The molecule has 1 unspecified atom stereocenters. The minimum Gasteiger partial charge on any atom is -0.496 e. The lowest BCUT2D eigenvalue weighted by Gasteiger charge is -2.23. The molecule has 106 valence electrons. The van der Waals surface area contributed by atoms with Gasteiger partial charge in [0.1, 0.15) is 11.5 Å². The molecule has 1 fully saturated rings. The van der Waals surface area contributed by atoms with Gasteiger partial charge < -0.3 is 14.8 Å². The van der Waals surface area contributed by atoms with Crippen LogP contribution in [0.4, 0.5) is 0 Å². The van der Waals surface area contributed by atoms with Crippen LogP contribution in [0.3, 0.4) is 0 Å². The van der Waals surface area contributed by atoms with Gasteiger partial charge in [-0.05, 0) is 37.4 Å². The summed E-state index contributed by atoms with van der Waals surface area (Å²) in [6.45, 7) is 3.22. The SMILES string of the molecule is CCCNC(CC1CC1)c1c(OC)cccc1OC. The van der Waals surface area contributed by atoms with E-state index in [4.69, 9.17) is 9.47 Å². The first kappa shape index (κ1) is 14.2. The molecule has 1 aliphatic rings. The fraction of sp³-hybridized carbons (Fsp3) is 0.625. The van der Waals surface area contributed by atoms with Gasteiger partial charge in [-0.3, -0.25) is 0 Å². The quantitative estimate of drug-likeness (QED) is 0.778. The number of nitrogens with one attached hydrogen (secondary N) is 1. The molecule has 3 heteroatoms. The molecular formula is C16H25NO2. The van der Waals surface area contributed by atoms with E-state index < -0.39 is 0 Å². The molecule has 0 heterocycles. The van der Waals surface area contributed by atoms with Crippen molar-refractivity contribution in [2.24, 2.45) is 5.92 Å². The lowest BCUT2D eigenvalue weighted by molar-refractivity contribution is 0.362. The molecule has 1 atom stereocenters. The second kappa shape index (κ2) is 6.80. The van der Waals surface area contributed by atoms with E-state index in [0.29, 0.717) is 6.04 Å². The highest BCUT2D eigenvalue weighted by atomic mass is 16.5. The van der Waals surface area contributed by atoms with Gasteiger partial charge in [0.05, 0.1) is 19.8 Å². The third kappa shape index (κ3) is 3.63. The van der Waals surface area contributed by atoms with Crippen molar-refractivity contribution in [3.05, 3.63) is 23.8 Å². The Morgan fingerprint density at radius 1 is 1.21 bits per heavy atom. The second-order valence-electron chi connectivity index (χ2n) is 5.26. The van der Waals surface area contributed by atoms with E-state index in [9.17, 15) is 0 Å². The van der Waals surface area contributed by atoms with E-state index in [1.54, 1.807) is 14.2 Å². The number of benzene rings is 1. The molecule has 0 amide bonds. The molecule has 1 aromatic carbocycles. The first-order chi connectivity index (χ1) is 9.30. The summed E-state index contributed by atoms with van der Waals surface area (Å²) in [6.07, 6.45) is 5.04. The van der Waals surface area contributed by atoms with E-state index in [0.717, 1.165) is 30.4 Å². The van der Waals surface area contributed by atoms with Crippen molar-refractivity contribution in [3.8, 4) is 11.5 Å². The van der Waals surface area contributed by atoms with Crippen LogP contribution in [0.5, 0.6) is 11.5 Å². The van der Waals surface area contributed by atoms with Gasteiger partial charge in [0.2, 0.25) is 0 Å². The van der Waals surface area contributed by atoms with Gasteiger partial charge in [-0.1, -0.05) is 25.8 Å². The van der Waals surface area contributed by atoms with Gasteiger partial charge in [0, 0.05) is 6.04 Å². The average molecular weight is 263 g/mol. The predicted octanol–water partition coefficient (Wildman–Crippen LogP) is 3.54. The van der Waals surface area contributed by atoms with E-state index in [2.05, 4.69) is 12.2 Å². The third-order valence-electron chi connectivity index (χ3n) is 3.72. The van der Waals surface area contributed by atoms with Gasteiger partial charge in [0.15, 0.2) is 0 Å². The fourth-order valence-corrected chi connectivity index (χ4v) is 2.53. The van der Waals surface area contributed by atoms with Crippen LogP contribution in [0.25, 0.3) is 0 Å². The lowest BCUT2D eigenvalue weighted by Crippen LogP contribution is -2.23. The normalized spacial score (nSPS) is 16.2. The summed E-state index contributed by atoms with van der Waals surface area (Å²) < 4.78 is 11.1. The zero-order valence-electron chi connectivity index (χ0n) is 12.2. The zero-order chi connectivity index (χ0) is 13.7. The van der Waals surface area contributed by atoms with E-state index in [1.807, 2.05) is 18.2 Å². The van der Waals surface area contributed by atoms with Gasteiger partial charge in [0.25, 0.3) is 0 Å². The predicted molar refractivity (Wildman–Crippen MR) is 77.9 cm³/mol. The van der Waals surface area contributed by atoms with Crippen LogP contribution in [-0.4, -0.2) is 20.8 Å². The van der Waals surface area contributed by atoms with E-state index in [-0.39, 0.29) is 0 Å². The Morgan fingerprint density at radius 3 is 2.32 bits per heavy atom. The third-order valence-corrected chi connectivity index (χ3v) is 3.72. The van der Waals surface area contributed by atoms with Gasteiger partial charge in [-0.25, -0.2) is 0 Å². The van der Waals surface area contributed by atoms with Gasteiger partial charge in [-0.2, -0.15) is 0 Å². The van der Waals surface area contributed by atoms with Crippen LogP contribution in [0.2, 0.25) is 0 Å². The van der Waals surface area contributed by atoms with Crippen LogP contribution in [0.1, 0.15) is 44.2 Å². The Morgan fingerprint density at radius 2 is 1.84 bits per heavy atom. The van der Waals surface area contributed by atoms with Crippen molar-refractivity contribution < 1.29 is 9.47 Å². The maximum Gasteiger partial charge on any atom is 0.127 e. The molecule has 1 N–H and O–H groups in total. The van der Waals surface area contributed by atoms with Crippen LogP contribution in [0, 0.1) is 5.92 Å². The number of ether oxygens (including phenoxy) is 2. The molecule has 3 nitrogen and oxygen atoms in total. The molecule has 0 bridgehead atoms. The summed E-state index contributed by atoms with van der Waals surface area (Å²) in [5.41, 5.74) is 1.17.